The van der Waals surface area contributed by atoms with E-state index in [1.54, 1.807) is 0 Å². The minimum atomic E-state index is -0.185. The Balaban J connectivity index is 2.25. The highest BCUT2D eigenvalue weighted by atomic mass is 16.1. The molecule has 2 nitrogen and oxygen atoms in total. The summed E-state index contributed by atoms with van der Waals surface area (Å²) in [6, 6.07) is 0. The molecular formula is C15H18O2. The van der Waals surface area contributed by atoms with E-state index in [1.165, 1.54) is 0 Å². The zero-order valence-electron chi connectivity index (χ0n) is 9.97. The number of carbonyl (C=O) groups excluding carboxylic acids is 2. The molecule has 0 N–H and O–H groups in total. The zero-order valence-corrected chi connectivity index (χ0v) is 9.97. The number of fused-ring (bicyclic) bond motifs is 1. The van der Waals surface area contributed by atoms with Gasteiger partial charge in [-0.2, -0.15) is 0 Å². The van der Waals surface area contributed by atoms with Crippen molar-refractivity contribution in [3.63, 3.8) is 0 Å². The topological polar surface area (TPSA) is 34.1 Å². The van der Waals surface area contributed by atoms with Crippen molar-refractivity contribution in [1.82, 2.24) is 0 Å². The standard InChI is InChI=1S/C15H18O2/c1-11-9-12(10-16)5-4-7-13-6-2-3-8-14(13)15(11)17/h2,4-6,10,12-14H,1,3,7-9H2/b5-4-/t12-,13+,14?/m0/s1. The lowest BCUT2D eigenvalue weighted by atomic mass is 9.77. The predicted molar refractivity (Wildman–Crippen MR) is 67.4 cm³/mol. The number of allylic oxidation sites excluding steroid dienone is 5. The molecule has 0 aliphatic heterocycles. The fraction of sp³-hybridized carbons (Fsp3) is 0.467. The van der Waals surface area contributed by atoms with Gasteiger partial charge in [0.2, 0.25) is 0 Å². The summed E-state index contributed by atoms with van der Waals surface area (Å²) in [4.78, 5) is 23.2. The number of ketones is 1. The first-order chi connectivity index (χ1) is 8.22. The summed E-state index contributed by atoms with van der Waals surface area (Å²) < 4.78 is 0. The van der Waals surface area contributed by atoms with Crippen molar-refractivity contribution in [3.05, 3.63) is 36.5 Å². The van der Waals surface area contributed by atoms with Gasteiger partial charge in [-0.1, -0.05) is 30.9 Å². The molecule has 0 fully saturated rings. The predicted octanol–water partition coefficient (Wildman–Crippen LogP) is 2.86. The summed E-state index contributed by atoms with van der Waals surface area (Å²) in [6.07, 6.45) is 12.4. The summed E-state index contributed by atoms with van der Waals surface area (Å²) in [7, 11) is 0. The van der Waals surface area contributed by atoms with Crippen molar-refractivity contribution in [1.29, 1.82) is 0 Å². The Kier molecular flexibility index (Phi) is 3.72. The van der Waals surface area contributed by atoms with Crippen LogP contribution in [0, 0.1) is 17.8 Å². The Labute approximate surface area is 102 Å². The number of hydrogen-bond acceptors (Lipinski definition) is 2. The van der Waals surface area contributed by atoms with Gasteiger partial charge in [-0.05, 0) is 37.2 Å². The maximum absolute atomic E-state index is 12.3. The molecular weight excluding hydrogens is 212 g/mol. The fourth-order valence-electron chi connectivity index (χ4n) is 2.68. The average molecular weight is 230 g/mol. The lowest BCUT2D eigenvalue weighted by Crippen LogP contribution is -2.25. The van der Waals surface area contributed by atoms with E-state index in [9.17, 15) is 9.59 Å². The summed E-state index contributed by atoms with van der Waals surface area (Å²) in [6.45, 7) is 3.86. The summed E-state index contributed by atoms with van der Waals surface area (Å²) in [5.41, 5.74) is 0.610. The third-order valence-electron chi connectivity index (χ3n) is 3.68. The maximum Gasteiger partial charge on any atom is 0.161 e. The van der Waals surface area contributed by atoms with Crippen molar-refractivity contribution < 1.29 is 9.59 Å². The van der Waals surface area contributed by atoms with Crippen LogP contribution >= 0.6 is 0 Å². The smallest absolute Gasteiger partial charge is 0.161 e. The fourth-order valence-corrected chi connectivity index (χ4v) is 2.68. The van der Waals surface area contributed by atoms with Gasteiger partial charge in [0.05, 0.1) is 0 Å². The lowest BCUT2D eigenvalue weighted by molar-refractivity contribution is -0.120. The van der Waals surface area contributed by atoms with Gasteiger partial charge < -0.3 is 4.79 Å². The van der Waals surface area contributed by atoms with E-state index < -0.39 is 0 Å². The number of carbonyl (C=O) groups is 2. The number of aldehydes is 1. The summed E-state index contributed by atoms with van der Waals surface area (Å²) in [5, 5.41) is 0. The van der Waals surface area contributed by atoms with E-state index in [0.717, 1.165) is 25.5 Å². The average Bonchev–Trinajstić information content (AvgIpc) is 2.41. The molecule has 0 saturated carbocycles. The van der Waals surface area contributed by atoms with Gasteiger partial charge >= 0.3 is 0 Å². The largest absolute Gasteiger partial charge is 0.303 e. The van der Waals surface area contributed by atoms with Crippen LogP contribution in [-0.4, -0.2) is 12.1 Å². The Bertz CT molecular complexity index is 390. The van der Waals surface area contributed by atoms with Crippen LogP contribution in [0.5, 0.6) is 0 Å². The van der Waals surface area contributed by atoms with Crippen LogP contribution in [0.25, 0.3) is 0 Å². The van der Waals surface area contributed by atoms with Crippen LogP contribution in [-0.2, 0) is 9.59 Å². The molecule has 17 heavy (non-hydrogen) atoms. The number of hydrogen-bond donors (Lipinski definition) is 0. The molecule has 0 spiro atoms. The van der Waals surface area contributed by atoms with Gasteiger partial charge in [-0.25, -0.2) is 0 Å². The van der Waals surface area contributed by atoms with Gasteiger partial charge in [0.1, 0.15) is 6.29 Å². The van der Waals surface area contributed by atoms with E-state index in [1.807, 2.05) is 12.2 Å². The molecule has 2 heteroatoms. The molecule has 0 amide bonds. The molecule has 90 valence electrons. The van der Waals surface area contributed by atoms with E-state index in [4.69, 9.17) is 0 Å². The van der Waals surface area contributed by atoms with E-state index in [0.29, 0.717) is 12.0 Å². The summed E-state index contributed by atoms with van der Waals surface area (Å²) >= 11 is 0. The second kappa shape index (κ2) is 5.26. The minimum absolute atomic E-state index is 0.0718. The van der Waals surface area contributed by atoms with Crippen molar-refractivity contribution in [2.24, 2.45) is 17.8 Å². The molecule has 0 aromatic heterocycles. The Morgan fingerprint density at radius 3 is 2.88 bits per heavy atom. The van der Waals surface area contributed by atoms with Crippen molar-refractivity contribution in [2.75, 3.05) is 0 Å². The normalized spacial score (nSPS) is 35.4. The molecule has 2 rings (SSSR count). The lowest BCUT2D eigenvalue weighted by Gasteiger charge is -2.25. The molecule has 0 aromatic carbocycles. The van der Waals surface area contributed by atoms with Gasteiger partial charge in [0.15, 0.2) is 5.78 Å². The van der Waals surface area contributed by atoms with Gasteiger partial charge in [0, 0.05) is 11.8 Å². The van der Waals surface area contributed by atoms with Crippen LogP contribution in [0.2, 0.25) is 0 Å². The van der Waals surface area contributed by atoms with Crippen LogP contribution in [0.4, 0.5) is 0 Å². The Morgan fingerprint density at radius 2 is 2.12 bits per heavy atom. The third-order valence-corrected chi connectivity index (χ3v) is 3.68. The van der Waals surface area contributed by atoms with Crippen LogP contribution in [0.15, 0.2) is 36.5 Å². The van der Waals surface area contributed by atoms with Crippen LogP contribution in [0.1, 0.15) is 25.7 Å². The molecule has 3 atom stereocenters. The third kappa shape index (κ3) is 2.63. The molecule has 0 heterocycles. The molecule has 0 aromatic rings. The van der Waals surface area contributed by atoms with Crippen molar-refractivity contribution in [3.8, 4) is 0 Å². The monoisotopic (exact) mass is 230 g/mol. The van der Waals surface area contributed by atoms with E-state index in [2.05, 4.69) is 18.7 Å². The molecule has 2 aliphatic rings. The first-order valence-corrected chi connectivity index (χ1v) is 6.23. The second-order valence-corrected chi connectivity index (χ2v) is 4.91. The van der Waals surface area contributed by atoms with Crippen molar-refractivity contribution >= 4 is 12.1 Å². The Hall–Kier alpha value is -1.44. The van der Waals surface area contributed by atoms with Crippen LogP contribution in [0.3, 0.4) is 0 Å². The van der Waals surface area contributed by atoms with Gasteiger partial charge in [-0.3, -0.25) is 4.79 Å². The van der Waals surface area contributed by atoms with Crippen molar-refractivity contribution in [2.45, 2.75) is 25.7 Å². The molecule has 0 saturated heterocycles. The highest BCUT2D eigenvalue weighted by molar-refractivity contribution is 5.97. The second-order valence-electron chi connectivity index (χ2n) is 4.91. The minimum Gasteiger partial charge on any atom is -0.303 e. The number of rotatable bonds is 1. The first kappa shape index (κ1) is 12.0. The van der Waals surface area contributed by atoms with Gasteiger partial charge in [0.25, 0.3) is 0 Å². The SMILES string of the molecule is C=C1C[C@@H](C=O)/C=C\C[C@H]2C=CCCC2C1=O. The van der Waals surface area contributed by atoms with E-state index >= 15 is 0 Å². The molecule has 1 unspecified atom stereocenters. The Morgan fingerprint density at radius 1 is 1.29 bits per heavy atom. The molecule has 2 aliphatic carbocycles. The maximum atomic E-state index is 12.3. The first-order valence-electron chi connectivity index (χ1n) is 6.23. The van der Waals surface area contributed by atoms with Gasteiger partial charge in [-0.15, -0.1) is 0 Å². The highest BCUT2D eigenvalue weighted by Crippen LogP contribution is 2.32. The molecule has 0 radical (unpaired) electrons. The number of Topliss-reactive ketones (excluding diaryl/α,β-unsaturated/α-hetero) is 1. The highest BCUT2D eigenvalue weighted by Gasteiger charge is 2.30. The molecule has 0 bridgehead atoms. The quantitative estimate of drug-likeness (QED) is 0.394. The van der Waals surface area contributed by atoms with Crippen LogP contribution < -0.4 is 0 Å². The summed E-state index contributed by atoms with van der Waals surface area (Å²) in [5.74, 6) is 0.336. The van der Waals surface area contributed by atoms with E-state index in [-0.39, 0.29) is 23.5 Å². The zero-order chi connectivity index (χ0) is 12.3.